The monoisotopic (exact) mass is 287 g/mol. The Bertz CT molecular complexity index is 639. The summed E-state index contributed by atoms with van der Waals surface area (Å²) in [6, 6.07) is 13.4. The van der Waals surface area contributed by atoms with E-state index in [1.807, 2.05) is 48.2 Å². The standard InChI is InChI=1S/C16H14ClNO2/c1-11-2-7-15-12(8-11)9-18(16(10-19)20-15)14-5-3-13(17)4-6-14/h2-8,10,16H,9H2,1H3. The smallest absolute Gasteiger partial charge is 0.229 e. The summed E-state index contributed by atoms with van der Waals surface area (Å²) >= 11 is 5.90. The molecule has 1 heterocycles. The van der Waals surface area contributed by atoms with Gasteiger partial charge in [-0.15, -0.1) is 0 Å². The summed E-state index contributed by atoms with van der Waals surface area (Å²) in [5.74, 6) is 0.776. The van der Waals surface area contributed by atoms with Crippen LogP contribution < -0.4 is 9.64 Å². The normalized spacial score (nSPS) is 17.3. The molecule has 0 bridgehead atoms. The van der Waals surface area contributed by atoms with Crippen LogP contribution in [-0.2, 0) is 11.3 Å². The molecule has 4 heteroatoms. The topological polar surface area (TPSA) is 29.5 Å². The predicted molar refractivity (Wildman–Crippen MR) is 79.3 cm³/mol. The number of fused-ring (bicyclic) bond motifs is 1. The highest BCUT2D eigenvalue weighted by molar-refractivity contribution is 6.30. The summed E-state index contributed by atoms with van der Waals surface area (Å²) in [6.45, 7) is 2.68. The maximum absolute atomic E-state index is 11.3. The molecular weight excluding hydrogens is 274 g/mol. The quantitative estimate of drug-likeness (QED) is 0.791. The number of hydrogen-bond acceptors (Lipinski definition) is 3. The molecule has 2 aromatic carbocycles. The Morgan fingerprint density at radius 2 is 2.00 bits per heavy atom. The summed E-state index contributed by atoms with van der Waals surface area (Å²) in [7, 11) is 0. The Balaban J connectivity index is 1.98. The van der Waals surface area contributed by atoms with Crippen LogP contribution in [0.1, 0.15) is 11.1 Å². The van der Waals surface area contributed by atoms with E-state index in [-0.39, 0.29) is 0 Å². The van der Waals surface area contributed by atoms with Crippen molar-refractivity contribution in [1.82, 2.24) is 0 Å². The highest BCUT2D eigenvalue weighted by atomic mass is 35.5. The lowest BCUT2D eigenvalue weighted by atomic mass is 10.1. The van der Waals surface area contributed by atoms with E-state index in [1.165, 1.54) is 5.56 Å². The zero-order valence-corrected chi connectivity index (χ0v) is 11.8. The summed E-state index contributed by atoms with van der Waals surface area (Å²) < 4.78 is 5.76. The van der Waals surface area contributed by atoms with Gasteiger partial charge in [0.25, 0.3) is 0 Å². The molecule has 3 nitrogen and oxygen atoms in total. The first-order valence-electron chi connectivity index (χ1n) is 6.41. The van der Waals surface area contributed by atoms with Crippen molar-refractivity contribution in [3.05, 3.63) is 58.6 Å². The number of nitrogens with zero attached hydrogens (tertiary/aromatic N) is 1. The van der Waals surface area contributed by atoms with Crippen molar-refractivity contribution < 1.29 is 9.53 Å². The van der Waals surface area contributed by atoms with E-state index < -0.39 is 6.23 Å². The molecule has 0 aliphatic carbocycles. The molecule has 20 heavy (non-hydrogen) atoms. The van der Waals surface area contributed by atoms with E-state index >= 15 is 0 Å². The summed E-state index contributed by atoms with van der Waals surface area (Å²) in [5, 5.41) is 0.672. The van der Waals surface area contributed by atoms with Gasteiger partial charge in [0.15, 0.2) is 6.29 Å². The zero-order valence-electron chi connectivity index (χ0n) is 11.0. The minimum atomic E-state index is -0.605. The fraction of sp³-hybridized carbons (Fsp3) is 0.188. The molecule has 0 spiro atoms. The van der Waals surface area contributed by atoms with E-state index in [0.29, 0.717) is 11.6 Å². The zero-order chi connectivity index (χ0) is 14.1. The van der Waals surface area contributed by atoms with Crippen molar-refractivity contribution in [1.29, 1.82) is 0 Å². The van der Waals surface area contributed by atoms with Gasteiger partial charge in [0.05, 0.1) is 6.54 Å². The first-order chi connectivity index (χ1) is 9.67. The lowest BCUT2D eigenvalue weighted by Gasteiger charge is -2.35. The first-order valence-corrected chi connectivity index (χ1v) is 6.79. The molecule has 0 amide bonds. The van der Waals surface area contributed by atoms with Crippen molar-refractivity contribution in [3.8, 4) is 5.75 Å². The number of rotatable bonds is 2. The molecule has 0 N–H and O–H groups in total. The van der Waals surface area contributed by atoms with Gasteiger partial charge >= 0.3 is 0 Å². The second-order valence-corrected chi connectivity index (χ2v) is 5.30. The molecule has 0 aromatic heterocycles. The molecular formula is C16H14ClNO2. The van der Waals surface area contributed by atoms with Gasteiger partial charge in [0, 0.05) is 16.3 Å². The molecule has 0 radical (unpaired) electrons. The van der Waals surface area contributed by atoms with Gasteiger partial charge in [-0.25, -0.2) is 0 Å². The lowest BCUT2D eigenvalue weighted by molar-refractivity contribution is -0.114. The van der Waals surface area contributed by atoms with E-state index in [0.717, 1.165) is 23.3 Å². The predicted octanol–water partition coefficient (Wildman–Crippen LogP) is 3.57. The van der Waals surface area contributed by atoms with Gasteiger partial charge in [-0.1, -0.05) is 29.3 Å². The van der Waals surface area contributed by atoms with Crippen molar-refractivity contribution in [2.24, 2.45) is 0 Å². The molecule has 2 aromatic rings. The van der Waals surface area contributed by atoms with E-state index in [1.54, 1.807) is 0 Å². The number of aryl methyl sites for hydroxylation is 1. The number of carbonyl (C=O) groups excluding carboxylic acids is 1. The highest BCUT2D eigenvalue weighted by Crippen LogP contribution is 2.32. The number of hydrogen-bond donors (Lipinski definition) is 0. The van der Waals surface area contributed by atoms with Gasteiger partial charge in [0.2, 0.25) is 6.23 Å². The number of halogens is 1. The first kappa shape index (κ1) is 13.0. The van der Waals surface area contributed by atoms with Crippen molar-refractivity contribution in [3.63, 3.8) is 0 Å². The molecule has 102 valence electrons. The van der Waals surface area contributed by atoms with Gasteiger partial charge in [-0.3, -0.25) is 4.79 Å². The Morgan fingerprint density at radius 3 is 2.70 bits per heavy atom. The van der Waals surface area contributed by atoms with Crippen LogP contribution in [0.25, 0.3) is 0 Å². The van der Waals surface area contributed by atoms with Crippen LogP contribution in [0.3, 0.4) is 0 Å². The minimum absolute atomic E-state index is 0.605. The fourth-order valence-electron chi connectivity index (χ4n) is 2.39. The van der Waals surface area contributed by atoms with E-state index in [2.05, 4.69) is 6.07 Å². The maximum Gasteiger partial charge on any atom is 0.229 e. The van der Waals surface area contributed by atoms with E-state index in [4.69, 9.17) is 16.3 Å². The van der Waals surface area contributed by atoms with Gasteiger partial charge in [-0.2, -0.15) is 0 Å². The third-order valence-electron chi connectivity index (χ3n) is 3.39. The second kappa shape index (κ2) is 5.17. The summed E-state index contributed by atoms with van der Waals surface area (Å²) in [4.78, 5) is 13.2. The summed E-state index contributed by atoms with van der Waals surface area (Å²) in [5.41, 5.74) is 3.17. The molecule has 1 atom stereocenters. The molecule has 1 aliphatic heterocycles. The van der Waals surface area contributed by atoms with Crippen LogP contribution in [0.15, 0.2) is 42.5 Å². The average molecular weight is 288 g/mol. The fourth-order valence-corrected chi connectivity index (χ4v) is 2.51. The maximum atomic E-state index is 11.3. The molecule has 1 unspecified atom stereocenters. The SMILES string of the molecule is Cc1ccc2c(c1)CN(c1ccc(Cl)cc1)C(C=O)O2. The Morgan fingerprint density at radius 1 is 1.25 bits per heavy atom. The van der Waals surface area contributed by atoms with Gasteiger partial charge in [0.1, 0.15) is 5.75 Å². The molecule has 0 saturated heterocycles. The van der Waals surface area contributed by atoms with Crippen LogP contribution in [-0.4, -0.2) is 12.5 Å². The number of carbonyl (C=O) groups is 1. The van der Waals surface area contributed by atoms with Gasteiger partial charge in [-0.05, 0) is 37.3 Å². The number of aldehydes is 1. The Kier molecular flexibility index (Phi) is 3.36. The number of ether oxygens (including phenoxy) is 1. The third-order valence-corrected chi connectivity index (χ3v) is 3.64. The summed E-state index contributed by atoms with van der Waals surface area (Å²) in [6.07, 6.45) is 0.212. The largest absolute Gasteiger partial charge is 0.463 e. The number of benzene rings is 2. The number of anilines is 1. The van der Waals surface area contributed by atoms with Crippen LogP contribution in [0.4, 0.5) is 5.69 Å². The van der Waals surface area contributed by atoms with Crippen LogP contribution in [0, 0.1) is 6.92 Å². The van der Waals surface area contributed by atoms with Crippen LogP contribution >= 0.6 is 11.6 Å². The van der Waals surface area contributed by atoms with Gasteiger partial charge < -0.3 is 9.64 Å². The van der Waals surface area contributed by atoms with Crippen molar-refractivity contribution in [2.45, 2.75) is 19.7 Å². The minimum Gasteiger partial charge on any atom is -0.463 e. The third kappa shape index (κ3) is 2.37. The van der Waals surface area contributed by atoms with Crippen molar-refractivity contribution >= 4 is 23.6 Å². The van der Waals surface area contributed by atoms with Crippen molar-refractivity contribution in [2.75, 3.05) is 4.90 Å². The second-order valence-electron chi connectivity index (χ2n) is 4.86. The van der Waals surface area contributed by atoms with Crippen LogP contribution in [0.5, 0.6) is 5.75 Å². The molecule has 3 rings (SSSR count). The average Bonchev–Trinajstić information content (AvgIpc) is 2.46. The lowest BCUT2D eigenvalue weighted by Crippen LogP contribution is -2.43. The Labute approximate surface area is 122 Å². The van der Waals surface area contributed by atoms with E-state index in [9.17, 15) is 4.79 Å². The molecule has 0 fully saturated rings. The van der Waals surface area contributed by atoms with Crippen LogP contribution in [0.2, 0.25) is 5.02 Å². The molecule has 0 saturated carbocycles. The Hall–Kier alpha value is -2.00. The highest BCUT2D eigenvalue weighted by Gasteiger charge is 2.27. The molecule has 1 aliphatic rings.